The van der Waals surface area contributed by atoms with Crippen molar-refractivity contribution in [2.75, 3.05) is 33.2 Å². The molecular formula is C25H30N4O4S. The van der Waals surface area contributed by atoms with Crippen LogP contribution >= 0.6 is 0 Å². The molecule has 1 N–H and O–H groups in total. The highest BCUT2D eigenvalue weighted by atomic mass is 32.2. The standard InChI is InChI=1S/C25H30N4O4S/c1-17-5-10-23(18(2)15-17)34(31,32)29-13-11-28(12-14-29)16-22-19(3)33-25(27-22)21-8-6-20(7-9-21)24(30)26-4/h5-10,15H,11-14,16H2,1-4H3,(H,26,30). The average molecular weight is 483 g/mol. The lowest BCUT2D eigenvalue weighted by atomic mass is 10.1. The van der Waals surface area contributed by atoms with Crippen LogP contribution in [0.5, 0.6) is 0 Å². The van der Waals surface area contributed by atoms with Crippen molar-refractivity contribution in [2.24, 2.45) is 0 Å². The SMILES string of the molecule is CNC(=O)c1ccc(-c2nc(CN3CCN(S(=O)(=O)c4ccc(C)cc4C)CC3)c(C)o2)cc1. The van der Waals surface area contributed by atoms with E-state index < -0.39 is 10.0 Å². The second kappa shape index (κ2) is 9.69. The number of hydrogen-bond acceptors (Lipinski definition) is 6. The molecule has 3 aromatic rings. The molecule has 9 heteroatoms. The Morgan fingerprint density at radius 3 is 2.32 bits per heavy atom. The molecule has 0 saturated carbocycles. The van der Waals surface area contributed by atoms with Crippen LogP contribution in [-0.2, 0) is 16.6 Å². The maximum atomic E-state index is 13.1. The number of rotatable bonds is 6. The average Bonchev–Trinajstić information content (AvgIpc) is 3.18. The Hall–Kier alpha value is -3.01. The third-order valence-electron chi connectivity index (χ3n) is 6.17. The summed E-state index contributed by atoms with van der Waals surface area (Å²) < 4.78 is 33.7. The quantitative estimate of drug-likeness (QED) is 0.580. The second-order valence-corrected chi connectivity index (χ2v) is 10.5. The molecule has 4 rings (SSSR count). The minimum atomic E-state index is -3.51. The van der Waals surface area contributed by atoms with E-state index in [0.717, 1.165) is 28.1 Å². The van der Waals surface area contributed by atoms with Gasteiger partial charge in [-0.1, -0.05) is 17.7 Å². The summed E-state index contributed by atoms with van der Waals surface area (Å²) in [6, 6.07) is 12.6. The molecule has 8 nitrogen and oxygen atoms in total. The van der Waals surface area contributed by atoms with Crippen LogP contribution in [0.3, 0.4) is 0 Å². The van der Waals surface area contributed by atoms with Gasteiger partial charge in [0.25, 0.3) is 5.91 Å². The van der Waals surface area contributed by atoms with Crippen LogP contribution in [0, 0.1) is 20.8 Å². The molecule has 0 unspecified atom stereocenters. The molecule has 2 aromatic carbocycles. The summed E-state index contributed by atoms with van der Waals surface area (Å²) in [4.78, 5) is 19.0. The van der Waals surface area contributed by atoms with Gasteiger partial charge >= 0.3 is 0 Å². The van der Waals surface area contributed by atoms with E-state index in [1.54, 1.807) is 29.6 Å². The number of aromatic nitrogens is 1. The summed E-state index contributed by atoms with van der Waals surface area (Å²) in [6.45, 7) is 8.36. The van der Waals surface area contributed by atoms with E-state index in [1.165, 1.54) is 0 Å². The molecule has 1 aromatic heterocycles. The van der Waals surface area contributed by atoms with E-state index in [9.17, 15) is 13.2 Å². The minimum absolute atomic E-state index is 0.144. The molecule has 1 aliphatic heterocycles. The normalized spacial score (nSPS) is 15.4. The molecule has 34 heavy (non-hydrogen) atoms. The number of carbonyl (C=O) groups is 1. The third-order valence-corrected chi connectivity index (χ3v) is 8.23. The zero-order chi connectivity index (χ0) is 24.5. The third kappa shape index (κ3) is 4.91. The van der Waals surface area contributed by atoms with Crippen molar-refractivity contribution in [2.45, 2.75) is 32.2 Å². The Labute approximate surface area is 200 Å². The fraction of sp³-hybridized carbons (Fsp3) is 0.360. The van der Waals surface area contributed by atoms with Gasteiger partial charge in [-0.05, 0) is 56.7 Å². The first-order valence-electron chi connectivity index (χ1n) is 11.3. The number of hydrogen-bond donors (Lipinski definition) is 1. The predicted molar refractivity (Wildman–Crippen MR) is 130 cm³/mol. The fourth-order valence-corrected chi connectivity index (χ4v) is 5.80. The first kappa shape index (κ1) is 24.1. The van der Waals surface area contributed by atoms with E-state index >= 15 is 0 Å². The molecule has 1 amide bonds. The summed E-state index contributed by atoms with van der Waals surface area (Å²) in [6.07, 6.45) is 0. The zero-order valence-electron chi connectivity index (χ0n) is 20.0. The van der Waals surface area contributed by atoms with Crippen LogP contribution in [0.4, 0.5) is 0 Å². The van der Waals surface area contributed by atoms with Gasteiger partial charge in [-0.15, -0.1) is 0 Å². The van der Waals surface area contributed by atoms with Crippen molar-refractivity contribution in [1.29, 1.82) is 0 Å². The maximum absolute atomic E-state index is 13.1. The topological polar surface area (TPSA) is 95.8 Å². The number of benzene rings is 2. The summed E-state index contributed by atoms with van der Waals surface area (Å²) >= 11 is 0. The highest BCUT2D eigenvalue weighted by molar-refractivity contribution is 7.89. The number of nitrogens with one attached hydrogen (secondary N) is 1. The number of aryl methyl sites for hydroxylation is 3. The Morgan fingerprint density at radius 1 is 1.03 bits per heavy atom. The van der Waals surface area contributed by atoms with Crippen LogP contribution in [0.15, 0.2) is 51.8 Å². The highest BCUT2D eigenvalue weighted by Gasteiger charge is 2.30. The number of piperazine rings is 1. The van der Waals surface area contributed by atoms with Crippen molar-refractivity contribution < 1.29 is 17.6 Å². The van der Waals surface area contributed by atoms with Gasteiger partial charge in [0.2, 0.25) is 15.9 Å². The van der Waals surface area contributed by atoms with Crippen molar-refractivity contribution in [3.63, 3.8) is 0 Å². The Bertz CT molecular complexity index is 1290. The van der Waals surface area contributed by atoms with Gasteiger partial charge in [0.05, 0.1) is 10.6 Å². The molecule has 1 aliphatic rings. The Kier molecular flexibility index (Phi) is 6.88. The molecule has 0 aliphatic carbocycles. The fourth-order valence-electron chi connectivity index (χ4n) is 4.17. The second-order valence-electron chi connectivity index (χ2n) is 8.63. The van der Waals surface area contributed by atoms with Crippen LogP contribution in [0.25, 0.3) is 11.5 Å². The predicted octanol–water partition coefficient (Wildman–Crippen LogP) is 3.13. The van der Waals surface area contributed by atoms with Gasteiger partial charge in [0, 0.05) is 50.9 Å². The van der Waals surface area contributed by atoms with Gasteiger partial charge in [0.1, 0.15) is 5.76 Å². The number of oxazole rings is 1. The van der Waals surface area contributed by atoms with Crippen LogP contribution < -0.4 is 5.32 Å². The van der Waals surface area contributed by atoms with Crippen molar-refractivity contribution >= 4 is 15.9 Å². The zero-order valence-corrected chi connectivity index (χ0v) is 20.8. The molecule has 2 heterocycles. The largest absolute Gasteiger partial charge is 0.441 e. The minimum Gasteiger partial charge on any atom is -0.441 e. The van der Waals surface area contributed by atoms with E-state index in [0.29, 0.717) is 49.1 Å². The highest BCUT2D eigenvalue weighted by Crippen LogP contribution is 2.25. The Morgan fingerprint density at radius 2 is 1.71 bits per heavy atom. The van der Waals surface area contributed by atoms with E-state index in [-0.39, 0.29) is 5.91 Å². The molecule has 0 spiro atoms. The van der Waals surface area contributed by atoms with Crippen molar-refractivity contribution in [1.82, 2.24) is 19.5 Å². The lowest BCUT2D eigenvalue weighted by Gasteiger charge is -2.33. The number of sulfonamides is 1. The van der Waals surface area contributed by atoms with Crippen molar-refractivity contribution in [3.8, 4) is 11.5 Å². The monoisotopic (exact) mass is 482 g/mol. The maximum Gasteiger partial charge on any atom is 0.251 e. The summed E-state index contributed by atoms with van der Waals surface area (Å²) in [5, 5.41) is 2.60. The molecule has 180 valence electrons. The van der Waals surface area contributed by atoms with Gasteiger partial charge in [-0.25, -0.2) is 13.4 Å². The molecule has 0 bridgehead atoms. The molecular weight excluding hydrogens is 452 g/mol. The number of nitrogens with zero attached hydrogens (tertiary/aromatic N) is 3. The van der Waals surface area contributed by atoms with Crippen LogP contribution in [-0.4, -0.2) is 61.7 Å². The van der Waals surface area contributed by atoms with Crippen molar-refractivity contribution in [3.05, 3.63) is 70.6 Å². The molecule has 0 radical (unpaired) electrons. The summed E-state index contributed by atoms with van der Waals surface area (Å²) in [5.74, 6) is 1.09. The van der Waals surface area contributed by atoms with Crippen LogP contribution in [0.1, 0.15) is 32.9 Å². The van der Waals surface area contributed by atoms with Gasteiger partial charge in [0.15, 0.2) is 0 Å². The molecule has 1 fully saturated rings. The lowest BCUT2D eigenvalue weighted by Crippen LogP contribution is -2.48. The van der Waals surface area contributed by atoms with Crippen LogP contribution in [0.2, 0.25) is 0 Å². The molecule has 1 saturated heterocycles. The first-order chi connectivity index (χ1) is 16.2. The van der Waals surface area contributed by atoms with E-state index in [2.05, 4.69) is 15.2 Å². The first-order valence-corrected chi connectivity index (χ1v) is 12.7. The summed E-state index contributed by atoms with van der Waals surface area (Å²) in [7, 11) is -1.92. The number of carbonyl (C=O) groups excluding carboxylic acids is 1. The Balaban J connectivity index is 1.41. The summed E-state index contributed by atoms with van der Waals surface area (Å²) in [5.41, 5.74) is 4.02. The van der Waals surface area contributed by atoms with E-state index in [4.69, 9.17) is 4.42 Å². The van der Waals surface area contributed by atoms with Gasteiger partial charge in [-0.3, -0.25) is 9.69 Å². The molecule has 0 atom stereocenters. The smallest absolute Gasteiger partial charge is 0.251 e. The van der Waals surface area contributed by atoms with E-state index in [1.807, 2.05) is 45.0 Å². The lowest BCUT2D eigenvalue weighted by molar-refractivity contribution is 0.0963. The van der Waals surface area contributed by atoms with Gasteiger partial charge < -0.3 is 9.73 Å². The van der Waals surface area contributed by atoms with Gasteiger partial charge in [-0.2, -0.15) is 4.31 Å². The number of amides is 1.